The summed E-state index contributed by atoms with van der Waals surface area (Å²) in [6.07, 6.45) is 3.93. The number of aromatic hydroxyl groups is 1. The van der Waals surface area contributed by atoms with Gasteiger partial charge in [-0.3, -0.25) is 4.79 Å². The van der Waals surface area contributed by atoms with Crippen molar-refractivity contribution in [3.63, 3.8) is 0 Å². The van der Waals surface area contributed by atoms with Crippen molar-refractivity contribution in [2.75, 3.05) is 0 Å². The lowest BCUT2D eigenvalue weighted by Crippen LogP contribution is -2.17. The van der Waals surface area contributed by atoms with Gasteiger partial charge in [0, 0.05) is 6.92 Å². The highest BCUT2D eigenvalue weighted by Crippen LogP contribution is 2.33. The highest BCUT2D eigenvalue weighted by molar-refractivity contribution is 5.66. The first-order valence-corrected chi connectivity index (χ1v) is 9.79. The number of phenols is 1. The Bertz CT molecular complexity index is 704. The second kappa shape index (κ2) is 9.59. The van der Waals surface area contributed by atoms with E-state index in [1.807, 2.05) is 42.5 Å². The van der Waals surface area contributed by atoms with E-state index in [9.17, 15) is 9.90 Å². The van der Waals surface area contributed by atoms with Crippen molar-refractivity contribution in [1.29, 1.82) is 0 Å². The Morgan fingerprint density at radius 3 is 2.30 bits per heavy atom. The van der Waals surface area contributed by atoms with E-state index in [4.69, 9.17) is 4.74 Å². The first-order valence-electron chi connectivity index (χ1n) is 9.79. The monoisotopic (exact) mass is 368 g/mol. The normalized spacial score (nSPS) is 13.8. The summed E-state index contributed by atoms with van der Waals surface area (Å²) in [7, 11) is 0. The molecule has 0 aliphatic heterocycles. The van der Waals surface area contributed by atoms with Gasteiger partial charge in [-0.1, -0.05) is 76.1 Å². The molecule has 3 nitrogen and oxygen atoms in total. The molecule has 2 aromatic carbocycles. The number of rotatable bonds is 9. The largest absolute Gasteiger partial charge is 0.508 e. The summed E-state index contributed by atoms with van der Waals surface area (Å²) in [6, 6.07) is 17.5. The lowest BCUT2D eigenvalue weighted by atomic mass is 9.79. The van der Waals surface area contributed by atoms with Gasteiger partial charge in [0.25, 0.3) is 0 Å². The number of carbonyl (C=O) groups excluding carboxylic acids is 1. The van der Waals surface area contributed by atoms with E-state index in [2.05, 4.69) is 20.8 Å². The molecule has 146 valence electrons. The van der Waals surface area contributed by atoms with Crippen molar-refractivity contribution in [2.24, 2.45) is 5.92 Å². The number of phenolic OH excluding ortho intramolecular Hbond substituents is 1. The molecule has 2 atom stereocenters. The number of hydrogen-bond donors (Lipinski definition) is 1. The Labute approximate surface area is 163 Å². The summed E-state index contributed by atoms with van der Waals surface area (Å²) in [4.78, 5) is 11.5. The molecule has 0 bridgehead atoms. The highest BCUT2D eigenvalue weighted by atomic mass is 16.5. The number of hydrogen-bond acceptors (Lipinski definition) is 3. The molecule has 0 spiro atoms. The number of esters is 1. The van der Waals surface area contributed by atoms with Crippen LogP contribution >= 0.6 is 0 Å². The molecule has 0 heterocycles. The summed E-state index contributed by atoms with van der Waals surface area (Å²) in [5.74, 6) is 0.537. The Balaban J connectivity index is 1.89. The second-order valence-corrected chi connectivity index (χ2v) is 8.17. The number of ether oxygens (including phenoxy) is 1. The maximum atomic E-state index is 11.5. The van der Waals surface area contributed by atoms with Crippen molar-refractivity contribution < 1.29 is 14.6 Å². The average Bonchev–Trinajstić information content (AvgIpc) is 2.62. The van der Waals surface area contributed by atoms with Crippen LogP contribution in [0, 0.1) is 5.92 Å². The Morgan fingerprint density at radius 1 is 1.07 bits per heavy atom. The first-order chi connectivity index (χ1) is 12.8. The molecule has 0 saturated heterocycles. The molecule has 0 aliphatic carbocycles. The molecule has 1 N–H and O–H groups in total. The van der Waals surface area contributed by atoms with E-state index in [0.29, 0.717) is 11.7 Å². The zero-order valence-electron chi connectivity index (χ0n) is 16.9. The molecule has 0 aromatic heterocycles. The minimum absolute atomic E-state index is 0.0716. The predicted molar refractivity (Wildman–Crippen MR) is 110 cm³/mol. The van der Waals surface area contributed by atoms with Crippen LogP contribution in [0.15, 0.2) is 54.6 Å². The molecule has 27 heavy (non-hydrogen) atoms. The van der Waals surface area contributed by atoms with Crippen LogP contribution in [-0.4, -0.2) is 11.1 Å². The van der Waals surface area contributed by atoms with E-state index in [-0.39, 0.29) is 17.5 Å². The second-order valence-electron chi connectivity index (χ2n) is 8.17. The maximum absolute atomic E-state index is 11.5. The standard InChI is InChI=1S/C24H32O3/c1-18(17-23(27-19(2)25)20-10-6-5-7-11-20)9-8-16-24(3,4)21-12-14-22(26)15-13-21/h5-7,10-15,18,23,26H,8-9,16-17H2,1-4H3. The predicted octanol–water partition coefficient (Wildman–Crippen LogP) is 6.17. The van der Waals surface area contributed by atoms with E-state index in [0.717, 1.165) is 31.2 Å². The maximum Gasteiger partial charge on any atom is 0.303 e. The fourth-order valence-electron chi connectivity index (χ4n) is 3.55. The van der Waals surface area contributed by atoms with E-state index >= 15 is 0 Å². The van der Waals surface area contributed by atoms with Crippen molar-refractivity contribution >= 4 is 5.97 Å². The minimum Gasteiger partial charge on any atom is -0.508 e. The zero-order chi connectivity index (χ0) is 19.9. The third kappa shape index (κ3) is 6.74. The van der Waals surface area contributed by atoms with Gasteiger partial charge in [0.05, 0.1) is 0 Å². The summed E-state index contributed by atoms with van der Waals surface area (Å²) < 4.78 is 5.57. The van der Waals surface area contributed by atoms with Crippen molar-refractivity contribution in [3.8, 4) is 5.75 Å². The fraction of sp³-hybridized carbons (Fsp3) is 0.458. The highest BCUT2D eigenvalue weighted by Gasteiger charge is 2.22. The van der Waals surface area contributed by atoms with E-state index in [1.54, 1.807) is 12.1 Å². The van der Waals surface area contributed by atoms with Gasteiger partial charge in [-0.2, -0.15) is 0 Å². The molecule has 0 fully saturated rings. The van der Waals surface area contributed by atoms with Crippen LogP contribution in [0.1, 0.15) is 70.6 Å². The van der Waals surface area contributed by atoms with Crippen LogP contribution in [0.3, 0.4) is 0 Å². The van der Waals surface area contributed by atoms with Crippen molar-refractivity contribution in [1.82, 2.24) is 0 Å². The topological polar surface area (TPSA) is 46.5 Å². The third-order valence-corrected chi connectivity index (χ3v) is 5.24. The van der Waals surface area contributed by atoms with Gasteiger partial charge in [0.1, 0.15) is 11.9 Å². The molecule has 2 unspecified atom stereocenters. The summed E-state index contributed by atoms with van der Waals surface area (Å²) in [5.41, 5.74) is 2.38. The third-order valence-electron chi connectivity index (χ3n) is 5.24. The van der Waals surface area contributed by atoms with Gasteiger partial charge in [-0.05, 0) is 47.4 Å². The van der Waals surface area contributed by atoms with Crippen molar-refractivity contribution in [2.45, 2.75) is 64.9 Å². The van der Waals surface area contributed by atoms with Crippen LogP contribution in [0.4, 0.5) is 0 Å². The first kappa shape index (κ1) is 21.0. The molecular formula is C24H32O3. The molecule has 3 heteroatoms. The van der Waals surface area contributed by atoms with Gasteiger partial charge < -0.3 is 9.84 Å². The van der Waals surface area contributed by atoms with Gasteiger partial charge in [-0.25, -0.2) is 0 Å². The Kier molecular flexibility index (Phi) is 7.46. The quantitative estimate of drug-likeness (QED) is 0.538. The minimum atomic E-state index is -0.232. The molecule has 2 aromatic rings. The Hall–Kier alpha value is -2.29. The lowest BCUT2D eigenvalue weighted by Gasteiger charge is -2.27. The summed E-state index contributed by atoms with van der Waals surface area (Å²) in [6.45, 7) is 8.19. The lowest BCUT2D eigenvalue weighted by molar-refractivity contribution is -0.147. The molecule has 2 rings (SSSR count). The van der Waals surface area contributed by atoms with Gasteiger partial charge >= 0.3 is 5.97 Å². The van der Waals surface area contributed by atoms with Crippen LogP contribution in [-0.2, 0) is 14.9 Å². The van der Waals surface area contributed by atoms with Crippen LogP contribution in [0.5, 0.6) is 5.75 Å². The number of benzene rings is 2. The van der Waals surface area contributed by atoms with Crippen molar-refractivity contribution in [3.05, 3.63) is 65.7 Å². The molecule has 0 amide bonds. The SMILES string of the molecule is CC(=O)OC(CC(C)CCCC(C)(C)c1ccc(O)cc1)c1ccccc1. The number of carbonyl (C=O) groups is 1. The summed E-state index contributed by atoms with van der Waals surface area (Å²) in [5, 5.41) is 9.48. The summed E-state index contributed by atoms with van der Waals surface area (Å²) >= 11 is 0. The van der Waals surface area contributed by atoms with E-state index < -0.39 is 0 Å². The van der Waals surface area contributed by atoms with Gasteiger partial charge in [0.15, 0.2) is 0 Å². The average molecular weight is 369 g/mol. The van der Waals surface area contributed by atoms with Crippen LogP contribution in [0.2, 0.25) is 0 Å². The molecule has 0 aliphatic rings. The van der Waals surface area contributed by atoms with Crippen LogP contribution < -0.4 is 0 Å². The van der Waals surface area contributed by atoms with Gasteiger partial charge in [-0.15, -0.1) is 0 Å². The van der Waals surface area contributed by atoms with Crippen LogP contribution in [0.25, 0.3) is 0 Å². The molecule has 0 saturated carbocycles. The fourth-order valence-corrected chi connectivity index (χ4v) is 3.55. The Morgan fingerprint density at radius 2 is 1.70 bits per heavy atom. The van der Waals surface area contributed by atoms with Gasteiger partial charge in [0.2, 0.25) is 0 Å². The smallest absolute Gasteiger partial charge is 0.303 e. The van der Waals surface area contributed by atoms with E-state index in [1.165, 1.54) is 12.5 Å². The molecular weight excluding hydrogens is 336 g/mol. The molecule has 0 radical (unpaired) electrons. The zero-order valence-corrected chi connectivity index (χ0v) is 16.9.